The molecular weight excluding hydrogens is 190 g/mol. The normalized spacial score (nSPS) is 20.9. The third kappa shape index (κ3) is 2.12. The summed E-state index contributed by atoms with van der Waals surface area (Å²) < 4.78 is 5.30. The second-order valence-electron chi connectivity index (χ2n) is 3.78. The lowest BCUT2D eigenvalue weighted by atomic mass is 9.89. The van der Waals surface area contributed by atoms with Crippen LogP contribution >= 0.6 is 0 Å². The maximum atomic E-state index is 11.3. The number of hydrogen-bond donors (Lipinski definition) is 1. The van der Waals surface area contributed by atoms with E-state index >= 15 is 0 Å². The summed E-state index contributed by atoms with van der Waals surface area (Å²) in [5, 5.41) is 2.84. The van der Waals surface area contributed by atoms with E-state index in [0.717, 1.165) is 24.3 Å². The van der Waals surface area contributed by atoms with E-state index in [9.17, 15) is 4.79 Å². The van der Waals surface area contributed by atoms with Gasteiger partial charge in [-0.2, -0.15) is 0 Å². The third-order valence-corrected chi connectivity index (χ3v) is 2.83. The number of methoxy groups -OCH3 is 1. The van der Waals surface area contributed by atoms with Crippen LogP contribution < -0.4 is 10.1 Å². The molecule has 3 heteroatoms. The molecule has 15 heavy (non-hydrogen) atoms. The van der Waals surface area contributed by atoms with Crippen molar-refractivity contribution in [3.63, 3.8) is 0 Å². The van der Waals surface area contributed by atoms with E-state index in [1.54, 1.807) is 7.11 Å². The molecule has 0 spiro atoms. The third-order valence-electron chi connectivity index (χ3n) is 2.83. The number of hydrogen-bond acceptors (Lipinski definition) is 2. The minimum absolute atomic E-state index is 0.136. The number of ether oxygens (including phenoxy) is 1. The molecule has 1 heterocycles. The Bertz CT molecular complexity index is 362. The summed E-state index contributed by atoms with van der Waals surface area (Å²) in [7, 11) is 1.67. The van der Waals surface area contributed by atoms with Gasteiger partial charge in [-0.1, -0.05) is 18.2 Å². The zero-order valence-corrected chi connectivity index (χ0v) is 8.82. The molecule has 0 radical (unpaired) electrons. The fourth-order valence-corrected chi connectivity index (χ4v) is 2.05. The van der Waals surface area contributed by atoms with Gasteiger partial charge >= 0.3 is 0 Å². The molecule has 1 aliphatic rings. The highest BCUT2D eigenvalue weighted by Crippen LogP contribution is 2.32. The number of benzene rings is 1. The van der Waals surface area contributed by atoms with Crippen LogP contribution in [0.3, 0.4) is 0 Å². The summed E-state index contributed by atoms with van der Waals surface area (Å²) >= 11 is 0. The maximum absolute atomic E-state index is 11.3. The minimum Gasteiger partial charge on any atom is -0.496 e. The first kappa shape index (κ1) is 10.0. The number of para-hydroxylation sites is 1. The van der Waals surface area contributed by atoms with Gasteiger partial charge in [0, 0.05) is 13.0 Å². The van der Waals surface area contributed by atoms with Crippen LogP contribution in [0.4, 0.5) is 0 Å². The number of amides is 1. The molecule has 3 nitrogen and oxygen atoms in total. The van der Waals surface area contributed by atoms with Crippen molar-refractivity contribution in [3.8, 4) is 5.75 Å². The first-order valence-electron chi connectivity index (χ1n) is 5.21. The van der Waals surface area contributed by atoms with E-state index in [1.807, 2.05) is 24.3 Å². The lowest BCUT2D eigenvalue weighted by molar-refractivity contribution is -0.122. The zero-order valence-electron chi connectivity index (χ0n) is 8.82. The van der Waals surface area contributed by atoms with Crippen molar-refractivity contribution < 1.29 is 9.53 Å². The van der Waals surface area contributed by atoms with E-state index in [0.29, 0.717) is 12.3 Å². The smallest absolute Gasteiger partial charge is 0.220 e. The number of piperidine rings is 1. The number of carbonyl (C=O) groups excluding carboxylic acids is 1. The molecule has 80 valence electrons. The maximum Gasteiger partial charge on any atom is 0.220 e. The Morgan fingerprint density at radius 2 is 2.20 bits per heavy atom. The minimum atomic E-state index is 0.136. The predicted octanol–water partition coefficient (Wildman–Crippen LogP) is 1.69. The summed E-state index contributed by atoms with van der Waals surface area (Å²) in [6.45, 7) is 0.765. The lowest BCUT2D eigenvalue weighted by Gasteiger charge is -2.23. The summed E-state index contributed by atoms with van der Waals surface area (Å²) in [6, 6.07) is 7.93. The quantitative estimate of drug-likeness (QED) is 0.797. The Morgan fingerprint density at radius 1 is 1.40 bits per heavy atom. The van der Waals surface area contributed by atoms with Gasteiger partial charge in [0.25, 0.3) is 0 Å². The van der Waals surface area contributed by atoms with E-state index in [2.05, 4.69) is 5.32 Å². The van der Waals surface area contributed by atoms with Crippen molar-refractivity contribution in [2.24, 2.45) is 0 Å². The molecular formula is C12H15NO2. The molecule has 1 aliphatic heterocycles. The molecule has 1 amide bonds. The SMILES string of the molecule is COc1ccccc1C1CCNC(=O)C1. The average Bonchev–Trinajstić information content (AvgIpc) is 2.29. The van der Waals surface area contributed by atoms with Crippen LogP contribution in [0.1, 0.15) is 24.3 Å². The topological polar surface area (TPSA) is 38.3 Å². The first-order valence-corrected chi connectivity index (χ1v) is 5.21. The molecule has 0 aromatic heterocycles. The molecule has 0 aliphatic carbocycles. The fraction of sp³-hybridized carbons (Fsp3) is 0.417. The van der Waals surface area contributed by atoms with Gasteiger partial charge in [0.15, 0.2) is 0 Å². The molecule has 1 N–H and O–H groups in total. The van der Waals surface area contributed by atoms with Gasteiger partial charge in [-0.3, -0.25) is 4.79 Å². The molecule has 2 rings (SSSR count). The van der Waals surface area contributed by atoms with Crippen LogP contribution in [0.2, 0.25) is 0 Å². The van der Waals surface area contributed by atoms with Crippen molar-refractivity contribution in [1.29, 1.82) is 0 Å². The fourth-order valence-electron chi connectivity index (χ4n) is 2.05. The lowest BCUT2D eigenvalue weighted by Crippen LogP contribution is -2.32. The Kier molecular flexibility index (Phi) is 2.90. The van der Waals surface area contributed by atoms with Gasteiger partial charge in [-0.15, -0.1) is 0 Å². The summed E-state index contributed by atoms with van der Waals surface area (Å²) in [5.74, 6) is 1.32. The van der Waals surface area contributed by atoms with Crippen molar-refractivity contribution in [3.05, 3.63) is 29.8 Å². The second-order valence-corrected chi connectivity index (χ2v) is 3.78. The highest BCUT2D eigenvalue weighted by atomic mass is 16.5. The van der Waals surface area contributed by atoms with Crippen LogP contribution in [-0.2, 0) is 4.79 Å². The Labute approximate surface area is 89.4 Å². The van der Waals surface area contributed by atoms with Crippen LogP contribution in [0.5, 0.6) is 5.75 Å². The standard InChI is InChI=1S/C12H15NO2/c1-15-11-5-3-2-4-10(11)9-6-7-13-12(14)8-9/h2-5,9H,6-8H2,1H3,(H,13,14). The van der Waals surface area contributed by atoms with E-state index in [4.69, 9.17) is 4.74 Å². The monoisotopic (exact) mass is 205 g/mol. The number of rotatable bonds is 2. The van der Waals surface area contributed by atoms with Crippen LogP contribution in [0.15, 0.2) is 24.3 Å². The van der Waals surface area contributed by atoms with Crippen LogP contribution in [0, 0.1) is 0 Å². The van der Waals surface area contributed by atoms with E-state index in [-0.39, 0.29) is 5.91 Å². The highest BCUT2D eigenvalue weighted by molar-refractivity contribution is 5.77. The van der Waals surface area contributed by atoms with E-state index < -0.39 is 0 Å². The summed E-state index contributed by atoms with van der Waals surface area (Å²) in [4.78, 5) is 11.3. The highest BCUT2D eigenvalue weighted by Gasteiger charge is 2.22. The molecule has 1 unspecified atom stereocenters. The predicted molar refractivity (Wildman–Crippen MR) is 58.0 cm³/mol. The van der Waals surface area contributed by atoms with Gasteiger partial charge in [0.2, 0.25) is 5.91 Å². The van der Waals surface area contributed by atoms with Gasteiger partial charge in [-0.05, 0) is 24.0 Å². The van der Waals surface area contributed by atoms with Crippen molar-refractivity contribution >= 4 is 5.91 Å². The molecule has 1 fully saturated rings. The van der Waals surface area contributed by atoms with Crippen LogP contribution in [0.25, 0.3) is 0 Å². The second kappa shape index (κ2) is 4.34. The summed E-state index contributed by atoms with van der Waals surface area (Å²) in [5.41, 5.74) is 1.15. The Balaban J connectivity index is 2.24. The van der Waals surface area contributed by atoms with Crippen molar-refractivity contribution in [2.75, 3.05) is 13.7 Å². The van der Waals surface area contributed by atoms with Gasteiger partial charge < -0.3 is 10.1 Å². The molecule has 0 saturated carbocycles. The summed E-state index contributed by atoms with van der Waals surface area (Å²) in [6.07, 6.45) is 1.56. The average molecular weight is 205 g/mol. The largest absolute Gasteiger partial charge is 0.496 e. The van der Waals surface area contributed by atoms with Gasteiger partial charge in [-0.25, -0.2) is 0 Å². The van der Waals surface area contributed by atoms with Crippen LogP contribution in [-0.4, -0.2) is 19.6 Å². The Hall–Kier alpha value is -1.51. The van der Waals surface area contributed by atoms with Gasteiger partial charge in [0.1, 0.15) is 5.75 Å². The molecule has 1 aromatic rings. The molecule has 1 atom stereocenters. The van der Waals surface area contributed by atoms with Crippen molar-refractivity contribution in [1.82, 2.24) is 5.32 Å². The molecule has 1 saturated heterocycles. The Morgan fingerprint density at radius 3 is 2.93 bits per heavy atom. The van der Waals surface area contributed by atoms with E-state index in [1.165, 1.54) is 0 Å². The zero-order chi connectivity index (χ0) is 10.7. The number of carbonyl (C=O) groups is 1. The van der Waals surface area contributed by atoms with Crippen molar-refractivity contribution in [2.45, 2.75) is 18.8 Å². The number of nitrogens with one attached hydrogen (secondary N) is 1. The van der Waals surface area contributed by atoms with Gasteiger partial charge in [0.05, 0.1) is 7.11 Å². The molecule has 0 bridgehead atoms. The first-order chi connectivity index (χ1) is 7.31. The molecule has 1 aromatic carbocycles.